The van der Waals surface area contributed by atoms with Crippen molar-refractivity contribution in [3.63, 3.8) is 0 Å². The van der Waals surface area contributed by atoms with Gasteiger partial charge < -0.3 is 18.9 Å². The zero-order chi connectivity index (χ0) is 49.5. The SMILES string of the molecule is N#CCc1cc2c(OCc3ccccc3)c(c1)Cc1cc(CC#N)cc(c1OCc1ccccc1)Cc1cc(CC#N)cc(c1OCc1ccccc1)Cc1cc(CC#N)cc(c1OCc1ccccc1)C2. The average Bonchev–Trinajstić information content (AvgIpc) is 3.39. The topological polar surface area (TPSA) is 132 Å². The van der Waals surface area contributed by atoms with E-state index in [0.717, 1.165) is 89.0 Å². The highest BCUT2D eigenvalue weighted by atomic mass is 16.5. The molecule has 0 amide bonds. The maximum absolute atomic E-state index is 10.2. The number of hydrogen-bond donors (Lipinski definition) is 0. The summed E-state index contributed by atoms with van der Waals surface area (Å²) in [4.78, 5) is 0. The van der Waals surface area contributed by atoms with Gasteiger partial charge in [0.05, 0.1) is 50.0 Å². The highest BCUT2D eigenvalue weighted by Gasteiger charge is 2.25. The summed E-state index contributed by atoms with van der Waals surface area (Å²) in [6.45, 7) is 1.16. The first-order chi connectivity index (χ1) is 35.5. The molecule has 8 heteroatoms. The van der Waals surface area contributed by atoms with Crippen molar-refractivity contribution < 1.29 is 18.9 Å². The lowest BCUT2D eigenvalue weighted by molar-refractivity contribution is 0.293. The molecule has 0 atom stereocenters. The molecule has 352 valence electrons. The van der Waals surface area contributed by atoms with E-state index < -0.39 is 0 Å². The van der Waals surface area contributed by atoms with Crippen LogP contribution in [0.25, 0.3) is 0 Å². The van der Waals surface area contributed by atoms with E-state index in [-0.39, 0.29) is 52.1 Å². The summed E-state index contributed by atoms with van der Waals surface area (Å²) in [5.74, 6) is 2.72. The van der Waals surface area contributed by atoms with Crippen molar-refractivity contribution in [3.8, 4) is 47.3 Å². The average molecular weight is 941 g/mol. The minimum absolute atomic E-state index is 0.165. The Morgan fingerprint density at radius 1 is 0.264 bits per heavy atom. The zero-order valence-corrected chi connectivity index (χ0v) is 40.1. The molecule has 8 bridgehead atoms. The van der Waals surface area contributed by atoms with Crippen LogP contribution < -0.4 is 18.9 Å². The van der Waals surface area contributed by atoms with Gasteiger partial charge in [0.2, 0.25) is 0 Å². The van der Waals surface area contributed by atoms with Gasteiger partial charge in [-0.3, -0.25) is 0 Å². The number of hydrogen-bond acceptors (Lipinski definition) is 8. The normalized spacial score (nSPS) is 11.5. The largest absolute Gasteiger partial charge is 0.488 e. The van der Waals surface area contributed by atoms with Gasteiger partial charge in [0.25, 0.3) is 0 Å². The molecule has 72 heavy (non-hydrogen) atoms. The van der Waals surface area contributed by atoms with Crippen molar-refractivity contribution in [2.75, 3.05) is 0 Å². The monoisotopic (exact) mass is 940 g/mol. The molecule has 0 radical (unpaired) electrons. The molecule has 0 aromatic heterocycles. The molecular weight excluding hydrogens is 889 g/mol. The molecular formula is C64H52N4O4. The first kappa shape index (κ1) is 48.0. The highest BCUT2D eigenvalue weighted by Crippen LogP contribution is 2.42. The second-order valence-electron chi connectivity index (χ2n) is 18.1. The molecule has 1 aliphatic carbocycles. The molecule has 8 aromatic rings. The lowest BCUT2D eigenvalue weighted by atomic mass is 9.87. The van der Waals surface area contributed by atoms with Crippen molar-refractivity contribution >= 4 is 0 Å². The van der Waals surface area contributed by atoms with E-state index in [0.29, 0.717) is 48.7 Å². The van der Waals surface area contributed by atoms with Gasteiger partial charge in [-0.05, 0) is 89.0 Å². The quantitative estimate of drug-likeness (QED) is 0.0935. The second-order valence-corrected chi connectivity index (χ2v) is 18.1. The Kier molecular flexibility index (Phi) is 15.6. The van der Waals surface area contributed by atoms with E-state index >= 15 is 0 Å². The Morgan fingerprint density at radius 2 is 0.444 bits per heavy atom. The molecule has 1 aliphatic rings. The smallest absolute Gasteiger partial charge is 0.126 e. The molecule has 0 saturated heterocycles. The van der Waals surface area contributed by atoms with Crippen LogP contribution in [0.3, 0.4) is 0 Å². The fraction of sp³-hybridized carbons (Fsp3) is 0.188. The summed E-state index contributed by atoms with van der Waals surface area (Å²) in [7, 11) is 0. The van der Waals surface area contributed by atoms with E-state index in [1.54, 1.807) is 0 Å². The van der Waals surface area contributed by atoms with Crippen LogP contribution in [0.2, 0.25) is 0 Å². The van der Waals surface area contributed by atoms with Crippen LogP contribution in [-0.2, 0) is 77.8 Å². The van der Waals surface area contributed by atoms with Crippen molar-refractivity contribution in [2.45, 2.75) is 77.8 Å². The van der Waals surface area contributed by atoms with E-state index in [4.69, 9.17) is 18.9 Å². The van der Waals surface area contributed by atoms with Gasteiger partial charge in [-0.15, -0.1) is 0 Å². The van der Waals surface area contributed by atoms with Crippen molar-refractivity contribution in [1.82, 2.24) is 0 Å². The Balaban J connectivity index is 1.33. The molecule has 8 aromatic carbocycles. The minimum Gasteiger partial charge on any atom is -0.488 e. The summed E-state index contributed by atoms with van der Waals surface area (Å²) in [5.41, 5.74) is 14.2. The van der Waals surface area contributed by atoms with Crippen molar-refractivity contribution in [1.29, 1.82) is 21.0 Å². The van der Waals surface area contributed by atoms with E-state index in [1.807, 2.05) is 121 Å². The number of fused-ring (bicyclic) bond motifs is 8. The fourth-order valence-corrected chi connectivity index (χ4v) is 9.61. The van der Waals surface area contributed by atoms with E-state index in [1.165, 1.54) is 0 Å². The summed E-state index contributed by atoms with van der Waals surface area (Å²) < 4.78 is 28.0. The Hall–Kier alpha value is -9.08. The number of benzene rings is 8. The van der Waals surface area contributed by atoms with Gasteiger partial charge in [0, 0.05) is 25.7 Å². The standard InChI is InChI=1S/C64H52N4O4/c65-25-21-49-29-53-37-55-31-50(22-26-66)33-57(62(55)70-42-46-15-7-2-8-16-46)39-59-35-52(24-28-68)36-60(64(59)72-44-48-19-11-4-12-20-48)40-58-34-51(23-27-67)32-56(63(58)71-43-47-17-9-3-10-18-47)38-54(30-49)61(53)69-41-45-13-5-1-6-14-45/h1-20,29-36H,21-24,37-44H2. The number of nitriles is 4. The molecule has 0 unspecified atom stereocenters. The molecule has 0 spiro atoms. The maximum atomic E-state index is 10.2. The number of rotatable bonds is 16. The summed E-state index contributed by atoms with van der Waals surface area (Å²) in [6.07, 6.45) is 2.05. The third-order valence-corrected chi connectivity index (χ3v) is 12.8. The summed E-state index contributed by atoms with van der Waals surface area (Å²) in [6, 6.07) is 66.3. The molecule has 0 heterocycles. The molecule has 0 N–H and O–H groups in total. The third kappa shape index (κ3) is 12.0. The first-order valence-corrected chi connectivity index (χ1v) is 24.2. The van der Waals surface area contributed by atoms with Crippen LogP contribution in [0.15, 0.2) is 170 Å². The maximum Gasteiger partial charge on any atom is 0.126 e. The van der Waals surface area contributed by atoms with Gasteiger partial charge in [0.1, 0.15) is 49.4 Å². The van der Waals surface area contributed by atoms with E-state index in [9.17, 15) is 21.0 Å². The third-order valence-electron chi connectivity index (χ3n) is 12.8. The van der Waals surface area contributed by atoms with Gasteiger partial charge in [-0.2, -0.15) is 21.0 Å². The Bertz CT molecular complexity index is 2800. The number of ether oxygens (including phenoxy) is 4. The van der Waals surface area contributed by atoms with Crippen LogP contribution in [0.4, 0.5) is 0 Å². The first-order valence-electron chi connectivity index (χ1n) is 24.2. The molecule has 0 saturated carbocycles. The van der Waals surface area contributed by atoms with Crippen LogP contribution >= 0.6 is 0 Å². The van der Waals surface area contributed by atoms with Crippen LogP contribution in [0.5, 0.6) is 23.0 Å². The van der Waals surface area contributed by atoms with Crippen LogP contribution in [0, 0.1) is 45.3 Å². The Labute approximate surface area is 422 Å². The lowest BCUT2D eigenvalue weighted by Crippen LogP contribution is -2.11. The summed E-state index contributed by atoms with van der Waals surface area (Å²) in [5, 5.41) is 41.0. The van der Waals surface area contributed by atoms with Crippen LogP contribution in [0.1, 0.15) is 89.0 Å². The van der Waals surface area contributed by atoms with Gasteiger partial charge >= 0.3 is 0 Å². The number of nitrogens with zero attached hydrogens (tertiary/aromatic N) is 4. The Morgan fingerprint density at radius 3 is 0.611 bits per heavy atom. The fourth-order valence-electron chi connectivity index (χ4n) is 9.61. The summed E-state index contributed by atoms with van der Waals surface area (Å²) >= 11 is 0. The second kappa shape index (κ2) is 23.5. The predicted octanol–water partition coefficient (Wildman–Crippen LogP) is 12.9. The molecule has 9 rings (SSSR count). The molecule has 8 nitrogen and oxygen atoms in total. The van der Waals surface area contributed by atoms with Crippen molar-refractivity contribution in [3.05, 3.63) is 259 Å². The zero-order valence-electron chi connectivity index (χ0n) is 40.1. The van der Waals surface area contributed by atoms with E-state index in [2.05, 4.69) is 72.8 Å². The molecule has 0 aliphatic heterocycles. The lowest BCUT2D eigenvalue weighted by Gasteiger charge is -2.25. The van der Waals surface area contributed by atoms with Crippen LogP contribution in [-0.4, -0.2) is 0 Å². The van der Waals surface area contributed by atoms with Gasteiger partial charge in [-0.25, -0.2) is 0 Å². The molecule has 0 fully saturated rings. The predicted molar refractivity (Wildman–Crippen MR) is 277 cm³/mol. The highest BCUT2D eigenvalue weighted by molar-refractivity contribution is 5.59. The minimum atomic E-state index is 0.165. The van der Waals surface area contributed by atoms with Crippen molar-refractivity contribution in [2.24, 2.45) is 0 Å². The van der Waals surface area contributed by atoms with Gasteiger partial charge in [-0.1, -0.05) is 170 Å². The van der Waals surface area contributed by atoms with Gasteiger partial charge in [0.15, 0.2) is 0 Å².